The summed E-state index contributed by atoms with van der Waals surface area (Å²) in [5, 5.41) is 2.65. The fourth-order valence-corrected chi connectivity index (χ4v) is 7.95. The highest BCUT2D eigenvalue weighted by Crippen LogP contribution is 2.44. The standard InChI is InChI=1S/C49H59N3/c1-10-15-25-36(6)47-39(9)48(49(40-26-18-17-19-27-40)44-30-21-20-29-43(44)47)38(8)35-37(7)42(23-12-3)45(24-13-4)52(41-28-22-33-50-34-32-41)46(51-14-5)31-16-11-2/h10,12,14-18,20-26,29-34,38-39,48H,1,5-6,11,13,19,27-28,35H2,2-4,7-9H3/b23-12-,25-15-,31-16-,42-37+,45-24+,51-46?. The molecule has 1 aromatic rings. The van der Waals surface area contributed by atoms with Gasteiger partial charge in [-0.15, -0.1) is 0 Å². The van der Waals surface area contributed by atoms with Gasteiger partial charge >= 0.3 is 0 Å². The lowest BCUT2D eigenvalue weighted by Crippen LogP contribution is -2.42. The van der Waals surface area contributed by atoms with Crippen LogP contribution in [-0.2, 0) is 0 Å². The number of amidine groups is 1. The molecule has 2 aliphatic carbocycles. The predicted molar refractivity (Wildman–Crippen MR) is 229 cm³/mol. The first-order valence-corrected chi connectivity index (χ1v) is 19.1. The van der Waals surface area contributed by atoms with Crippen molar-refractivity contribution >= 4 is 23.2 Å². The Kier molecular flexibility index (Phi) is 15.4. The van der Waals surface area contributed by atoms with E-state index in [-0.39, 0.29) is 5.92 Å². The number of hydrogen-bond donors (Lipinski definition) is 0. The monoisotopic (exact) mass is 689 g/mol. The summed E-state index contributed by atoms with van der Waals surface area (Å²) >= 11 is 0. The van der Waals surface area contributed by atoms with Gasteiger partial charge in [0.25, 0.3) is 0 Å². The molecule has 270 valence electrons. The van der Waals surface area contributed by atoms with E-state index in [1.807, 2.05) is 24.6 Å². The smallest absolute Gasteiger partial charge is 0.136 e. The number of aliphatic imine (C=N–C) groups is 2. The van der Waals surface area contributed by atoms with Gasteiger partial charge in [0, 0.05) is 30.7 Å². The molecule has 3 unspecified atom stereocenters. The fraction of sp³-hybridized carbons (Fsp3) is 0.306. The van der Waals surface area contributed by atoms with Gasteiger partial charge in [0.1, 0.15) is 5.84 Å². The SMILES string of the molecule is C=C/C=C\C(=C)C1=c2ccccc2=C(C2=CC=CCC2)C(C(C)C/C(C)=C(\C=C/C)C(=C\CC)/N(C2=CC=NC=CC2)C(/C=C\CC)=NC=C)C1C. The Balaban J connectivity index is 1.93. The molecule has 3 aliphatic rings. The average molecular weight is 690 g/mol. The van der Waals surface area contributed by atoms with Crippen molar-refractivity contribution in [3.63, 3.8) is 0 Å². The van der Waals surface area contributed by atoms with Crippen LogP contribution in [0, 0.1) is 17.8 Å². The topological polar surface area (TPSA) is 28.0 Å². The minimum atomic E-state index is 0.265. The molecule has 0 radical (unpaired) electrons. The van der Waals surface area contributed by atoms with Gasteiger partial charge in [-0.05, 0) is 114 Å². The molecule has 4 rings (SSSR count). The molecular formula is C49H59N3. The Morgan fingerprint density at radius 1 is 1.06 bits per heavy atom. The lowest BCUT2D eigenvalue weighted by atomic mass is 9.65. The maximum atomic E-state index is 4.83. The van der Waals surface area contributed by atoms with Crippen LogP contribution in [0.25, 0.3) is 11.1 Å². The fourth-order valence-electron chi connectivity index (χ4n) is 7.95. The van der Waals surface area contributed by atoms with Crippen molar-refractivity contribution in [2.24, 2.45) is 27.7 Å². The van der Waals surface area contributed by atoms with Gasteiger partial charge in [-0.25, -0.2) is 4.99 Å². The molecule has 0 amide bonds. The third kappa shape index (κ3) is 9.44. The van der Waals surface area contributed by atoms with Crippen LogP contribution in [0.5, 0.6) is 0 Å². The van der Waals surface area contributed by atoms with E-state index < -0.39 is 0 Å². The van der Waals surface area contributed by atoms with E-state index in [0.717, 1.165) is 61.3 Å². The van der Waals surface area contributed by atoms with Crippen LogP contribution >= 0.6 is 0 Å². The average Bonchev–Trinajstić information content (AvgIpc) is 3.44. The molecule has 0 spiro atoms. The number of benzene rings is 1. The summed E-state index contributed by atoms with van der Waals surface area (Å²) in [6.07, 6.45) is 39.1. The van der Waals surface area contributed by atoms with Crippen molar-refractivity contribution in [1.29, 1.82) is 0 Å². The second-order valence-corrected chi connectivity index (χ2v) is 13.7. The number of rotatable bonds is 15. The van der Waals surface area contributed by atoms with Crippen LogP contribution < -0.4 is 10.4 Å². The number of fused-ring (bicyclic) bond motifs is 1. The van der Waals surface area contributed by atoms with Crippen LogP contribution in [0.3, 0.4) is 0 Å². The van der Waals surface area contributed by atoms with Crippen molar-refractivity contribution in [1.82, 2.24) is 4.90 Å². The summed E-state index contributed by atoms with van der Waals surface area (Å²) in [7, 11) is 0. The Hall–Kier alpha value is -5.02. The molecule has 1 aromatic carbocycles. The van der Waals surface area contributed by atoms with Crippen LogP contribution in [-0.4, -0.2) is 17.0 Å². The van der Waals surface area contributed by atoms with Gasteiger partial charge in [-0.3, -0.25) is 9.89 Å². The van der Waals surface area contributed by atoms with Gasteiger partial charge in [-0.2, -0.15) is 0 Å². The minimum Gasteiger partial charge on any atom is -0.298 e. The highest BCUT2D eigenvalue weighted by atomic mass is 15.2. The summed E-state index contributed by atoms with van der Waals surface area (Å²) < 4.78 is 0. The Labute approximate surface area is 314 Å². The number of nitrogens with zero attached hydrogens (tertiary/aromatic N) is 3. The number of hydrogen-bond acceptors (Lipinski definition) is 2. The summed E-state index contributed by atoms with van der Waals surface area (Å²) in [4.78, 5) is 11.6. The molecule has 0 aromatic heterocycles. The largest absolute Gasteiger partial charge is 0.298 e. The molecule has 52 heavy (non-hydrogen) atoms. The molecule has 0 fully saturated rings. The van der Waals surface area contributed by atoms with Crippen molar-refractivity contribution in [3.05, 3.63) is 180 Å². The predicted octanol–water partition coefficient (Wildman–Crippen LogP) is 11.7. The van der Waals surface area contributed by atoms with Gasteiger partial charge in [0.15, 0.2) is 0 Å². The quantitative estimate of drug-likeness (QED) is 0.102. The van der Waals surface area contributed by atoms with Crippen molar-refractivity contribution < 1.29 is 0 Å². The van der Waals surface area contributed by atoms with Crippen molar-refractivity contribution in [2.45, 2.75) is 80.1 Å². The molecule has 0 saturated carbocycles. The summed E-state index contributed by atoms with van der Waals surface area (Å²) in [6, 6.07) is 8.98. The van der Waals surface area contributed by atoms with Gasteiger partial charge in [-0.1, -0.05) is 144 Å². The summed E-state index contributed by atoms with van der Waals surface area (Å²) in [5.41, 5.74) is 10.1. The van der Waals surface area contributed by atoms with Gasteiger partial charge < -0.3 is 0 Å². The summed E-state index contributed by atoms with van der Waals surface area (Å²) in [6.45, 7) is 26.2. The van der Waals surface area contributed by atoms with E-state index >= 15 is 0 Å². The molecule has 3 heteroatoms. The second kappa shape index (κ2) is 20.1. The van der Waals surface area contributed by atoms with E-state index in [9.17, 15) is 0 Å². The molecule has 3 nitrogen and oxygen atoms in total. The lowest BCUT2D eigenvalue weighted by Gasteiger charge is -2.39. The first-order valence-electron chi connectivity index (χ1n) is 19.1. The maximum Gasteiger partial charge on any atom is 0.136 e. The van der Waals surface area contributed by atoms with E-state index in [1.165, 1.54) is 38.3 Å². The van der Waals surface area contributed by atoms with Crippen LogP contribution in [0.15, 0.2) is 179 Å². The summed E-state index contributed by atoms with van der Waals surface area (Å²) in [5.74, 6) is 1.73. The zero-order chi connectivity index (χ0) is 37.5. The minimum absolute atomic E-state index is 0.265. The maximum absolute atomic E-state index is 4.83. The van der Waals surface area contributed by atoms with Crippen molar-refractivity contribution in [3.8, 4) is 0 Å². The van der Waals surface area contributed by atoms with Gasteiger partial charge in [0.05, 0.1) is 5.70 Å². The van der Waals surface area contributed by atoms with Crippen LogP contribution in [0.2, 0.25) is 0 Å². The second-order valence-electron chi connectivity index (χ2n) is 13.7. The normalized spacial score (nSPS) is 20.5. The van der Waals surface area contributed by atoms with Crippen molar-refractivity contribution in [2.75, 3.05) is 0 Å². The lowest BCUT2D eigenvalue weighted by molar-refractivity contribution is 0.368. The third-order valence-electron chi connectivity index (χ3n) is 10.0. The highest BCUT2D eigenvalue weighted by molar-refractivity contribution is 5.97. The van der Waals surface area contributed by atoms with Crippen LogP contribution in [0.4, 0.5) is 0 Å². The first kappa shape index (κ1) is 39.8. The van der Waals surface area contributed by atoms with E-state index in [0.29, 0.717) is 11.8 Å². The molecule has 0 saturated heterocycles. The first-order chi connectivity index (χ1) is 25.3. The number of allylic oxidation sites excluding steroid dienone is 15. The molecule has 1 heterocycles. The molecular weight excluding hydrogens is 631 g/mol. The molecule has 0 bridgehead atoms. The van der Waals surface area contributed by atoms with E-state index in [4.69, 9.17) is 4.99 Å². The molecule has 0 N–H and O–H groups in total. The van der Waals surface area contributed by atoms with E-state index in [2.05, 4.69) is 162 Å². The molecule has 3 atom stereocenters. The highest BCUT2D eigenvalue weighted by Gasteiger charge is 2.35. The van der Waals surface area contributed by atoms with Gasteiger partial charge in [0.2, 0.25) is 0 Å². The Morgan fingerprint density at radius 2 is 1.85 bits per heavy atom. The zero-order valence-corrected chi connectivity index (χ0v) is 32.5. The van der Waals surface area contributed by atoms with Crippen LogP contribution in [0.1, 0.15) is 80.1 Å². The Bertz CT molecular complexity index is 1960. The van der Waals surface area contributed by atoms with E-state index in [1.54, 1.807) is 6.20 Å². The third-order valence-corrected chi connectivity index (χ3v) is 10.0. The molecule has 1 aliphatic heterocycles. The Morgan fingerprint density at radius 3 is 2.52 bits per heavy atom. The zero-order valence-electron chi connectivity index (χ0n) is 32.5.